The van der Waals surface area contributed by atoms with E-state index >= 15 is 0 Å². The second kappa shape index (κ2) is 33.5. The molecule has 3 heterocycles. The largest absolute Gasteiger partial charge is 0.311 e. The summed E-state index contributed by atoms with van der Waals surface area (Å²) in [6.07, 6.45) is 0. The summed E-state index contributed by atoms with van der Waals surface area (Å²) < 4.78 is 7.37. The van der Waals surface area contributed by atoms with Gasteiger partial charge >= 0.3 is 0 Å². The highest BCUT2D eigenvalue weighted by molar-refractivity contribution is 6.34. The third-order valence-corrected chi connectivity index (χ3v) is 29.5. The Morgan fingerprint density at radius 3 is 0.704 bits per heavy atom. The minimum Gasteiger partial charge on any atom is -0.311 e. The van der Waals surface area contributed by atoms with Crippen molar-refractivity contribution < 1.29 is 0 Å². The van der Waals surface area contributed by atoms with Gasteiger partial charge in [0, 0.05) is 101 Å². The van der Waals surface area contributed by atoms with E-state index in [1.165, 1.54) is 198 Å². The summed E-state index contributed by atoms with van der Waals surface area (Å²) in [6, 6.07) is 194. The monoisotopic (exact) mass is 1800 g/mol. The van der Waals surface area contributed by atoms with Gasteiger partial charge in [-0.2, -0.15) is 0 Å². The average molecular weight is 1810 g/mol. The standard InChI is InChI=1S/2C46H30N2.C44H28N2/c1-3-12-31(13-4-1)32-24-27-35(28-25-32)47(34-15-5-2-6-16-34)36-17-10-18-37(30-36)48-42-23-11-22-41-39-20-8-7-19-38(39)40-21-9-14-33-26-29-43(48)46(44(33)40)45(41)42;1-3-11-31(12-4-1)32-21-24-35(25-22-32)47(34-14-5-2-6-15-34)36-26-28-37(29-27-36)48-42-20-10-19-41-39-17-8-7-16-38(39)40-18-9-13-33-23-30-43(48)46(44(33)40)45(41)42;1-2-14-32(15-3-1)45(35-25-23-29-11-4-5-12-31(29)27-35)33-16-9-17-34(28-33)46-40-22-10-21-39-37-19-7-6-18-36(37)38-20-8-13-30-24-26-41(46)44(42(30)38)43(39)40/h2*1-30H;1-28H. The van der Waals surface area contributed by atoms with Crippen LogP contribution in [0.1, 0.15) is 0 Å². The molecule has 0 N–H and O–H groups in total. The average Bonchev–Trinajstić information content (AvgIpc) is 1.55. The smallest absolute Gasteiger partial charge is 0.0548 e. The lowest BCUT2D eigenvalue weighted by Crippen LogP contribution is -2.10. The van der Waals surface area contributed by atoms with Gasteiger partial charge in [0.1, 0.15) is 0 Å². The maximum absolute atomic E-state index is 2.46. The summed E-state index contributed by atoms with van der Waals surface area (Å²) in [7, 11) is 0. The summed E-state index contributed by atoms with van der Waals surface area (Å²) in [5, 5.41) is 18.2. The molecule has 0 radical (unpaired) electrons. The SMILES string of the molecule is c1ccc(-c2ccc(N(c3ccccc3)c3ccc(-n4c5cccc6c5c5c7c(cccc7ccc54)-c4ccccc4-6)cc3)cc2)cc1.c1ccc(-c2ccc(N(c3ccccc3)c3cccc(-n4c5cccc6c5c5c7c(cccc7ccc54)-c4ccccc4-6)c3)cc2)cc1.c1ccc(N(c2cccc(-n3c4cccc5c4c4c6c(cccc6ccc43)-c3ccccc3-5)c2)c2ccc3ccccc3c2)cc1. The molecule has 0 bridgehead atoms. The van der Waals surface area contributed by atoms with E-state index in [2.05, 4.69) is 562 Å². The van der Waals surface area contributed by atoms with E-state index in [0.29, 0.717) is 0 Å². The van der Waals surface area contributed by atoms with E-state index in [1.807, 2.05) is 0 Å². The Hall–Kier alpha value is -18.9. The molecule has 3 aliphatic rings. The molecule has 0 saturated heterocycles. The van der Waals surface area contributed by atoms with Crippen LogP contribution in [0.4, 0.5) is 51.2 Å². The first-order chi connectivity index (χ1) is 70.5. The molecular formula is C136H88N6. The molecule has 142 heavy (non-hydrogen) atoms. The maximum atomic E-state index is 2.46. The van der Waals surface area contributed by atoms with E-state index in [0.717, 1.165) is 68.2 Å². The van der Waals surface area contributed by atoms with Gasteiger partial charge in [-0.3, -0.25) is 0 Å². The molecule has 0 spiro atoms. The number of fused-ring (bicyclic) bond motifs is 10. The summed E-state index contributed by atoms with van der Waals surface area (Å²) >= 11 is 0. The zero-order chi connectivity index (χ0) is 93.4. The third-order valence-electron chi connectivity index (χ3n) is 29.5. The Bertz CT molecular complexity index is 9700. The number of anilines is 9. The van der Waals surface area contributed by atoms with Crippen molar-refractivity contribution in [2.75, 3.05) is 14.7 Å². The van der Waals surface area contributed by atoms with E-state index in [1.54, 1.807) is 0 Å². The van der Waals surface area contributed by atoms with Crippen molar-refractivity contribution in [1.29, 1.82) is 0 Å². The predicted molar refractivity (Wildman–Crippen MR) is 601 cm³/mol. The Morgan fingerprint density at radius 1 is 0.113 bits per heavy atom. The highest BCUT2D eigenvalue weighted by Gasteiger charge is 2.31. The summed E-state index contributed by atoms with van der Waals surface area (Å²) in [4.78, 5) is 7.05. The maximum Gasteiger partial charge on any atom is 0.0548 e. The van der Waals surface area contributed by atoms with Crippen LogP contribution in [0.15, 0.2) is 534 Å². The molecule has 0 saturated carbocycles. The van der Waals surface area contributed by atoms with Gasteiger partial charge in [0.15, 0.2) is 0 Å². The Balaban J connectivity index is 0.000000104. The first kappa shape index (κ1) is 81.5. The lowest BCUT2D eigenvalue weighted by Gasteiger charge is -2.26. The van der Waals surface area contributed by atoms with Crippen LogP contribution < -0.4 is 14.7 Å². The van der Waals surface area contributed by atoms with E-state index in [4.69, 9.17) is 0 Å². The first-order valence-electron chi connectivity index (χ1n) is 48.9. The van der Waals surface area contributed by atoms with E-state index in [-0.39, 0.29) is 0 Å². The fourth-order valence-electron chi connectivity index (χ4n) is 23.4. The number of hydrogen-bond acceptors (Lipinski definition) is 3. The lowest BCUT2D eigenvalue weighted by molar-refractivity contribution is 1.17. The molecule has 27 aromatic rings. The summed E-state index contributed by atoms with van der Waals surface area (Å²) in [5.74, 6) is 0. The molecule has 0 unspecified atom stereocenters. The fourth-order valence-corrected chi connectivity index (χ4v) is 23.4. The van der Waals surface area contributed by atoms with E-state index < -0.39 is 0 Å². The van der Waals surface area contributed by atoms with Crippen molar-refractivity contribution in [3.05, 3.63) is 534 Å². The van der Waals surface area contributed by atoms with Crippen molar-refractivity contribution >= 4 is 160 Å². The predicted octanol–water partition coefficient (Wildman–Crippen LogP) is 37.6. The molecule has 0 fully saturated rings. The molecule has 0 aliphatic heterocycles. The first-order valence-corrected chi connectivity index (χ1v) is 48.9. The van der Waals surface area contributed by atoms with Crippen LogP contribution >= 0.6 is 0 Å². The van der Waals surface area contributed by atoms with Crippen molar-refractivity contribution in [2.24, 2.45) is 0 Å². The van der Waals surface area contributed by atoms with Crippen molar-refractivity contribution in [1.82, 2.24) is 13.7 Å². The fraction of sp³-hybridized carbons (Fsp3) is 0. The third kappa shape index (κ3) is 13.3. The zero-order valence-electron chi connectivity index (χ0n) is 77.5. The van der Waals surface area contributed by atoms with Crippen LogP contribution in [0.5, 0.6) is 0 Å². The van der Waals surface area contributed by atoms with Crippen LogP contribution in [0.3, 0.4) is 0 Å². The molecule has 6 nitrogen and oxygen atoms in total. The van der Waals surface area contributed by atoms with Crippen LogP contribution in [0.2, 0.25) is 0 Å². The molecule has 6 heteroatoms. The number of nitrogens with zero attached hydrogens (tertiary/aromatic N) is 6. The minimum atomic E-state index is 1.11. The number of hydrogen-bond donors (Lipinski definition) is 0. The normalized spacial score (nSPS) is 11.8. The number of benzene rings is 24. The molecule has 24 aromatic carbocycles. The van der Waals surface area contributed by atoms with Crippen LogP contribution in [0.25, 0.3) is 215 Å². The zero-order valence-corrected chi connectivity index (χ0v) is 77.5. The Morgan fingerprint density at radius 2 is 0.338 bits per heavy atom. The molecule has 662 valence electrons. The van der Waals surface area contributed by atoms with Crippen molar-refractivity contribution in [2.45, 2.75) is 0 Å². The molecule has 3 aromatic heterocycles. The molecular weight excluding hydrogens is 1720 g/mol. The van der Waals surface area contributed by atoms with Crippen LogP contribution in [-0.4, -0.2) is 13.7 Å². The van der Waals surface area contributed by atoms with Gasteiger partial charge < -0.3 is 28.4 Å². The molecule has 3 aliphatic carbocycles. The quantitative estimate of drug-likeness (QED) is 0.108. The summed E-state index contributed by atoms with van der Waals surface area (Å²) in [5.41, 5.74) is 41.2. The topological polar surface area (TPSA) is 24.5 Å². The lowest BCUT2D eigenvalue weighted by atomic mass is 9.93. The van der Waals surface area contributed by atoms with Gasteiger partial charge in [0.05, 0.1) is 33.1 Å². The Labute approximate surface area is 822 Å². The van der Waals surface area contributed by atoms with Gasteiger partial charge in [-0.05, 0) is 302 Å². The van der Waals surface area contributed by atoms with Gasteiger partial charge in [-0.15, -0.1) is 0 Å². The molecule has 0 amide bonds. The van der Waals surface area contributed by atoms with Gasteiger partial charge in [-0.25, -0.2) is 0 Å². The number of rotatable bonds is 14. The minimum absolute atomic E-state index is 1.11. The number of aromatic nitrogens is 3. The Kier molecular flexibility index (Phi) is 19.2. The number of para-hydroxylation sites is 3. The van der Waals surface area contributed by atoms with Gasteiger partial charge in [0.2, 0.25) is 0 Å². The second-order valence-electron chi connectivity index (χ2n) is 37.3. The van der Waals surface area contributed by atoms with Crippen LogP contribution in [-0.2, 0) is 0 Å². The van der Waals surface area contributed by atoms with Crippen molar-refractivity contribution in [3.8, 4) is 106 Å². The van der Waals surface area contributed by atoms with Gasteiger partial charge in [0.25, 0.3) is 0 Å². The molecule has 30 rings (SSSR count). The van der Waals surface area contributed by atoms with Crippen LogP contribution in [0, 0.1) is 0 Å². The second-order valence-corrected chi connectivity index (χ2v) is 37.3. The van der Waals surface area contributed by atoms with Crippen molar-refractivity contribution in [3.63, 3.8) is 0 Å². The highest BCUT2D eigenvalue weighted by atomic mass is 15.2. The van der Waals surface area contributed by atoms with E-state index in [9.17, 15) is 0 Å². The van der Waals surface area contributed by atoms with Gasteiger partial charge in [-0.1, -0.05) is 364 Å². The highest BCUT2D eigenvalue weighted by Crippen LogP contribution is 2.56. The summed E-state index contributed by atoms with van der Waals surface area (Å²) in [6.45, 7) is 0. The molecule has 0 atom stereocenters.